The lowest BCUT2D eigenvalue weighted by atomic mass is 10.6. The first-order valence-electron chi connectivity index (χ1n) is 8.13. The zero-order chi connectivity index (χ0) is 35.9. The van der Waals surface area contributed by atoms with Crippen molar-refractivity contribution in [3.63, 3.8) is 0 Å². The molecule has 0 amide bonds. The van der Waals surface area contributed by atoms with Crippen LogP contribution in [0.1, 0.15) is 0 Å². The van der Waals surface area contributed by atoms with Crippen LogP contribution in [0, 0.1) is 0 Å². The van der Waals surface area contributed by atoms with Gasteiger partial charge in [-0.2, -0.15) is 78.3 Å². The van der Waals surface area contributed by atoms with E-state index in [-0.39, 0.29) is 6.15 Å². The van der Waals surface area contributed by atoms with E-state index in [2.05, 4.69) is 5.14 Å². The van der Waals surface area contributed by atoms with Gasteiger partial charge in [0.15, 0.2) is 5.83 Å². The summed E-state index contributed by atoms with van der Waals surface area (Å²) in [5.74, 6) is -3.38. The van der Waals surface area contributed by atoms with Gasteiger partial charge in [0.05, 0.1) is 6.54 Å². The van der Waals surface area contributed by atoms with Crippen LogP contribution < -0.4 is 16.6 Å². The molecule has 0 saturated carbocycles. The number of rotatable bonds is 8. The number of nitrogens with two attached hydrogens (primary N) is 1. The van der Waals surface area contributed by atoms with Crippen LogP contribution in [-0.4, -0.2) is 46.1 Å². The molecule has 264 valence electrons. The van der Waals surface area contributed by atoms with E-state index in [9.17, 15) is 107 Å². The van der Waals surface area contributed by atoms with Crippen LogP contribution in [0.2, 0.25) is 0 Å². The monoisotopic (exact) mass is 775 g/mol. The number of hydrogen-bond acceptors (Lipinski definition) is 10. The number of sulfonamides is 1. The van der Waals surface area contributed by atoms with Gasteiger partial charge in [0.2, 0.25) is 9.84 Å². The second kappa shape index (κ2) is 21.0. The van der Waals surface area contributed by atoms with Crippen LogP contribution in [0.5, 0.6) is 0 Å². The molecule has 0 aliphatic heterocycles. The van der Waals surface area contributed by atoms with Crippen molar-refractivity contribution in [3.05, 3.63) is 56.9 Å². The van der Waals surface area contributed by atoms with Gasteiger partial charge in [-0.25, -0.2) is 26.4 Å². The Bertz CT molecular complexity index is 1430. The highest BCUT2D eigenvalue weighted by Gasteiger charge is 2.24. The molecule has 0 saturated heterocycles. The highest BCUT2D eigenvalue weighted by molar-refractivity contribution is 7.95. The molecular formula is C12H10F17N3O8S4. The molecule has 0 heterocycles. The Morgan fingerprint density at radius 3 is 0.886 bits per heavy atom. The second-order valence-corrected chi connectivity index (χ2v) is 11.2. The summed E-state index contributed by atoms with van der Waals surface area (Å²) in [6.45, 7) is -1.21. The first-order valence-corrected chi connectivity index (χ1v) is 14.1. The average molecular weight is 775 g/mol. The van der Waals surface area contributed by atoms with Crippen molar-refractivity contribution >= 4 is 40.3 Å². The standard InChI is InChI=1S/C6H5F6NO2S.2C2F4O2S.C2H2F3NO2S.H3N/c7-3(4(8)9)1-13-2-16(14,15)6(12)5(10)11;3*3-1(4)2(5)9(6,7)8;/h13H,1-2H2;;;(H2,6,7,8);1H3. The summed E-state index contributed by atoms with van der Waals surface area (Å²) >= 11 is 0. The lowest BCUT2D eigenvalue weighted by Gasteiger charge is -2.02. The Hall–Kier alpha value is -2.81. The van der Waals surface area contributed by atoms with E-state index in [4.69, 9.17) is 0 Å². The summed E-state index contributed by atoms with van der Waals surface area (Å²) in [5.41, 5.74) is 0. The second-order valence-electron chi connectivity index (χ2n) is 5.41. The molecule has 0 unspecified atom stereocenters. The molecule has 0 fully saturated rings. The highest BCUT2D eigenvalue weighted by Crippen LogP contribution is 2.18. The minimum Gasteiger partial charge on any atom is -0.344 e. The number of sulfone groups is 1. The number of nitrogens with one attached hydrogen (secondary N) is 1. The van der Waals surface area contributed by atoms with Gasteiger partial charge in [-0.1, -0.05) is 7.77 Å². The SMILES string of the molecule is N.NS(=O)(=O)C(F)=C(F)F.O=S(=O)(CNCC(F)=C(F)F)C(F)=C(F)F.O=S(=O)(F)C(F)=C(F)F.O=S(=O)(F)C(F)=C(F)F. The summed E-state index contributed by atoms with van der Waals surface area (Å²) < 4.78 is 269. The first kappa shape index (κ1) is 50.8. The molecule has 0 atom stereocenters. The minimum atomic E-state index is -5.84. The minimum absolute atomic E-state index is 0. The molecule has 0 aromatic rings. The van der Waals surface area contributed by atoms with E-state index in [1.165, 1.54) is 5.32 Å². The van der Waals surface area contributed by atoms with Gasteiger partial charge in [-0.3, -0.25) is 5.32 Å². The third-order valence-electron chi connectivity index (χ3n) is 2.32. The van der Waals surface area contributed by atoms with Gasteiger partial charge >= 0.3 is 61.2 Å². The molecular weight excluding hydrogens is 765 g/mol. The van der Waals surface area contributed by atoms with E-state index in [0.717, 1.165) is 0 Å². The Kier molecular flexibility index (Phi) is 24.3. The van der Waals surface area contributed by atoms with Crippen molar-refractivity contribution in [1.82, 2.24) is 11.5 Å². The average Bonchev–Trinajstić information content (AvgIpc) is 2.80. The molecule has 0 aromatic heterocycles. The van der Waals surface area contributed by atoms with Gasteiger partial charge in [-0.05, 0) is 0 Å². The van der Waals surface area contributed by atoms with Crippen LogP contribution in [0.15, 0.2) is 56.9 Å². The highest BCUT2D eigenvalue weighted by atomic mass is 32.3. The van der Waals surface area contributed by atoms with Crippen molar-refractivity contribution in [1.29, 1.82) is 0 Å². The molecule has 0 aromatic carbocycles. The summed E-state index contributed by atoms with van der Waals surface area (Å²) in [5, 5.41) is -5.83. The van der Waals surface area contributed by atoms with Crippen LogP contribution in [0.3, 0.4) is 0 Å². The fourth-order valence-corrected chi connectivity index (χ4v) is 2.15. The maximum Gasteiger partial charge on any atom is 0.365 e. The maximum atomic E-state index is 12.2. The molecule has 0 radical (unpaired) electrons. The van der Waals surface area contributed by atoms with E-state index in [0.29, 0.717) is 0 Å². The van der Waals surface area contributed by atoms with Crippen LogP contribution in [0.25, 0.3) is 0 Å². The van der Waals surface area contributed by atoms with E-state index in [1.807, 2.05) is 0 Å². The van der Waals surface area contributed by atoms with Gasteiger partial charge in [0.25, 0.3) is 20.3 Å². The third kappa shape index (κ3) is 24.6. The van der Waals surface area contributed by atoms with Gasteiger partial charge in [-0.15, -0.1) is 0 Å². The molecule has 32 heteroatoms. The van der Waals surface area contributed by atoms with Gasteiger partial charge < -0.3 is 6.15 Å². The number of halogens is 17. The largest absolute Gasteiger partial charge is 0.365 e. The zero-order valence-electron chi connectivity index (χ0n) is 19.5. The Labute approximate surface area is 233 Å². The predicted molar refractivity (Wildman–Crippen MR) is 112 cm³/mol. The summed E-state index contributed by atoms with van der Waals surface area (Å²) in [7, 11) is -21.5. The van der Waals surface area contributed by atoms with Gasteiger partial charge in [0.1, 0.15) is 5.88 Å². The van der Waals surface area contributed by atoms with E-state index < -0.39 is 110 Å². The topological polar surface area (TPSA) is 210 Å². The Morgan fingerprint density at radius 1 is 0.477 bits per heavy atom. The zero-order valence-corrected chi connectivity index (χ0v) is 22.8. The van der Waals surface area contributed by atoms with Crippen LogP contribution in [-0.2, 0) is 40.3 Å². The number of hydrogen-bond donors (Lipinski definition) is 3. The first-order chi connectivity index (χ1) is 18.7. The smallest absolute Gasteiger partial charge is 0.344 e. The lowest BCUT2D eigenvalue weighted by molar-refractivity contribution is 0.372. The van der Waals surface area contributed by atoms with Crippen molar-refractivity contribution in [2.45, 2.75) is 0 Å². The van der Waals surface area contributed by atoms with Crippen molar-refractivity contribution < 1.29 is 107 Å². The molecule has 0 spiro atoms. The normalized spacial score (nSPS) is 10.9. The Balaban J connectivity index is -0.000000159. The summed E-state index contributed by atoms with van der Waals surface area (Å²) in [6, 6.07) is 0. The quantitative estimate of drug-likeness (QED) is 0.218. The fourth-order valence-electron chi connectivity index (χ4n) is 0.835. The molecule has 11 nitrogen and oxygen atoms in total. The lowest BCUT2D eigenvalue weighted by Crippen LogP contribution is -2.25. The predicted octanol–water partition coefficient (Wildman–Crippen LogP) is 5.17. The van der Waals surface area contributed by atoms with E-state index >= 15 is 0 Å². The fraction of sp³-hybridized carbons (Fsp3) is 0.167. The molecule has 0 bridgehead atoms. The van der Waals surface area contributed by atoms with Crippen molar-refractivity contribution in [2.75, 3.05) is 12.4 Å². The van der Waals surface area contributed by atoms with Crippen molar-refractivity contribution in [3.8, 4) is 0 Å². The molecule has 0 aliphatic carbocycles. The summed E-state index contributed by atoms with van der Waals surface area (Å²) in [4.78, 5) is 0. The molecule has 0 aliphatic rings. The molecule has 0 rings (SSSR count). The van der Waals surface area contributed by atoms with Crippen LogP contribution >= 0.6 is 0 Å². The van der Waals surface area contributed by atoms with Crippen molar-refractivity contribution in [2.24, 2.45) is 5.14 Å². The van der Waals surface area contributed by atoms with Crippen LogP contribution in [0.4, 0.5) is 73.6 Å². The third-order valence-corrected chi connectivity index (χ3v) is 5.43. The maximum absolute atomic E-state index is 12.2. The molecule has 44 heavy (non-hydrogen) atoms. The van der Waals surface area contributed by atoms with E-state index in [1.54, 1.807) is 0 Å². The molecule has 6 N–H and O–H groups in total. The summed E-state index contributed by atoms with van der Waals surface area (Å²) in [6.07, 6.45) is -15.0. The Morgan fingerprint density at radius 2 is 0.750 bits per heavy atom. The van der Waals surface area contributed by atoms with Gasteiger partial charge in [0, 0.05) is 0 Å². The number of primary sulfonamides is 1.